The Labute approximate surface area is 153 Å². The number of benzene rings is 1. The maximum Gasteiger partial charge on any atom is 0.373 e. The molecule has 1 unspecified atom stereocenters. The highest BCUT2D eigenvalue weighted by molar-refractivity contribution is 5.72. The third kappa shape index (κ3) is 3.00. The van der Waals surface area contributed by atoms with Crippen molar-refractivity contribution in [3.8, 4) is 5.75 Å². The minimum atomic E-state index is -1.32. The number of hydrogen-bond acceptors (Lipinski definition) is 3. The van der Waals surface area contributed by atoms with Gasteiger partial charge in [0.2, 0.25) is 0 Å². The van der Waals surface area contributed by atoms with Gasteiger partial charge in [-0.05, 0) is 55.7 Å². The van der Waals surface area contributed by atoms with Crippen LogP contribution in [0.25, 0.3) is 0 Å². The van der Waals surface area contributed by atoms with Gasteiger partial charge in [0.05, 0.1) is 0 Å². The molecular formula is C21H27FO4. The van der Waals surface area contributed by atoms with E-state index >= 15 is 0 Å². The normalized spacial score (nSPS) is 26.7. The first-order valence-corrected chi connectivity index (χ1v) is 9.98. The first-order valence-electron chi connectivity index (χ1n) is 9.98. The predicted molar refractivity (Wildman–Crippen MR) is 94.4 cm³/mol. The molecule has 0 saturated heterocycles. The van der Waals surface area contributed by atoms with Crippen LogP contribution in [0.3, 0.4) is 0 Å². The quantitative estimate of drug-likeness (QED) is 0.822. The number of fused-ring (bicyclic) bond motifs is 1. The number of carboxylic acids is 1. The molecule has 5 heteroatoms. The van der Waals surface area contributed by atoms with Gasteiger partial charge < -0.3 is 14.6 Å². The Morgan fingerprint density at radius 1 is 1.00 bits per heavy atom. The van der Waals surface area contributed by atoms with E-state index in [-0.39, 0.29) is 17.7 Å². The first kappa shape index (κ1) is 17.8. The zero-order valence-electron chi connectivity index (χ0n) is 15.1. The van der Waals surface area contributed by atoms with Gasteiger partial charge in [0.25, 0.3) is 6.29 Å². The topological polar surface area (TPSA) is 55.8 Å². The monoisotopic (exact) mass is 362 g/mol. The summed E-state index contributed by atoms with van der Waals surface area (Å²) in [6.07, 6.45) is 9.54. The molecule has 1 aromatic rings. The van der Waals surface area contributed by atoms with Crippen molar-refractivity contribution in [2.75, 3.05) is 0 Å². The second kappa shape index (κ2) is 7.18. The number of hydrogen-bond donors (Lipinski definition) is 1. The molecule has 1 N–H and O–H groups in total. The van der Waals surface area contributed by atoms with E-state index in [0.717, 1.165) is 56.9 Å². The lowest BCUT2D eigenvalue weighted by molar-refractivity contribution is -0.252. The molecule has 0 spiro atoms. The van der Waals surface area contributed by atoms with Gasteiger partial charge in [-0.3, -0.25) is 0 Å². The lowest BCUT2D eigenvalue weighted by Gasteiger charge is -2.52. The third-order valence-electron chi connectivity index (χ3n) is 6.52. The van der Waals surface area contributed by atoms with Gasteiger partial charge in [-0.1, -0.05) is 38.5 Å². The van der Waals surface area contributed by atoms with Crippen LogP contribution in [-0.2, 0) is 15.1 Å². The van der Waals surface area contributed by atoms with Crippen molar-refractivity contribution in [2.45, 2.75) is 76.1 Å². The van der Waals surface area contributed by atoms with Crippen LogP contribution < -0.4 is 4.74 Å². The summed E-state index contributed by atoms with van der Waals surface area (Å²) in [5.41, 5.74) is -0.0200. The van der Waals surface area contributed by atoms with Crippen molar-refractivity contribution < 1.29 is 23.8 Å². The minimum Gasteiger partial charge on any atom is -0.477 e. The van der Waals surface area contributed by atoms with Crippen molar-refractivity contribution in [1.82, 2.24) is 0 Å². The average molecular weight is 362 g/mol. The molecule has 4 nitrogen and oxygen atoms in total. The smallest absolute Gasteiger partial charge is 0.373 e. The summed E-state index contributed by atoms with van der Waals surface area (Å²) in [5.74, 6) is -0.533. The summed E-state index contributed by atoms with van der Waals surface area (Å²) in [6.45, 7) is 0. The van der Waals surface area contributed by atoms with Crippen molar-refractivity contribution in [3.63, 3.8) is 0 Å². The van der Waals surface area contributed by atoms with Gasteiger partial charge in [-0.25, -0.2) is 9.18 Å². The first-order chi connectivity index (χ1) is 12.6. The van der Waals surface area contributed by atoms with Gasteiger partial charge in [0, 0.05) is 5.56 Å². The highest BCUT2D eigenvalue weighted by Gasteiger charge is 2.54. The summed E-state index contributed by atoms with van der Waals surface area (Å²) >= 11 is 0. The van der Waals surface area contributed by atoms with Crippen LogP contribution in [0.5, 0.6) is 5.75 Å². The fraction of sp³-hybridized carbons (Fsp3) is 0.667. The fourth-order valence-corrected chi connectivity index (χ4v) is 5.42. The van der Waals surface area contributed by atoms with E-state index in [9.17, 15) is 14.3 Å². The second-order valence-corrected chi connectivity index (χ2v) is 8.01. The predicted octanol–water partition coefficient (Wildman–Crippen LogP) is 5.00. The van der Waals surface area contributed by atoms with E-state index in [0.29, 0.717) is 5.75 Å². The van der Waals surface area contributed by atoms with E-state index in [1.54, 1.807) is 6.07 Å². The van der Waals surface area contributed by atoms with E-state index in [2.05, 4.69) is 0 Å². The Morgan fingerprint density at radius 2 is 1.58 bits per heavy atom. The van der Waals surface area contributed by atoms with Crippen LogP contribution >= 0.6 is 0 Å². The number of rotatable bonds is 3. The molecule has 142 valence electrons. The fourth-order valence-electron chi connectivity index (χ4n) is 5.42. The molecule has 1 aliphatic heterocycles. The van der Waals surface area contributed by atoms with E-state index < -0.39 is 17.9 Å². The molecule has 4 rings (SSSR count). The molecule has 3 aliphatic rings. The summed E-state index contributed by atoms with van der Waals surface area (Å²) in [7, 11) is 0. The number of halogens is 1. The Kier molecular flexibility index (Phi) is 4.91. The molecule has 0 amide bonds. The van der Waals surface area contributed by atoms with Crippen LogP contribution in [0, 0.1) is 17.7 Å². The van der Waals surface area contributed by atoms with Crippen molar-refractivity contribution in [2.24, 2.45) is 11.8 Å². The zero-order valence-corrected chi connectivity index (χ0v) is 15.1. The maximum absolute atomic E-state index is 14.2. The molecule has 2 fully saturated rings. The van der Waals surface area contributed by atoms with Crippen molar-refractivity contribution in [1.29, 1.82) is 0 Å². The summed E-state index contributed by atoms with van der Waals surface area (Å²) in [6, 6.07) is 4.44. The number of aliphatic carboxylic acids is 1. The lowest BCUT2D eigenvalue weighted by atomic mass is 9.63. The average Bonchev–Trinajstić information content (AvgIpc) is 2.68. The molecule has 1 heterocycles. The van der Waals surface area contributed by atoms with Gasteiger partial charge in [-0.2, -0.15) is 0 Å². The minimum absolute atomic E-state index is 0.214. The molecule has 2 aliphatic carbocycles. The van der Waals surface area contributed by atoms with Crippen LogP contribution in [0.15, 0.2) is 18.2 Å². The Balaban J connectivity index is 1.86. The van der Waals surface area contributed by atoms with Crippen LogP contribution in [0.4, 0.5) is 4.39 Å². The molecule has 1 atom stereocenters. The molecule has 2 saturated carbocycles. The van der Waals surface area contributed by atoms with Gasteiger partial charge >= 0.3 is 5.97 Å². The highest BCUT2D eigenvalue weighted by Crippen LogP contribution is 2.56. The number of ether oxygens (including phenoxy) is 2. The molecule has 0 bridgehead atoms. The van der Waals surface area contributed by atoms with Gasteiger partial charge in [-0.15, -0.1) is 0 Å². The maximum atomic E-state index is 14.2. The summed E-state index contributed by atoms with van der Waals surface area (Å²) in [5, 5.41) is 9.62. The second-order valence-electron chi connectivity index (χ2n) is 8.01. The van der Waals surface area contributed by atoms with E-state index in [4.69, 9.17) is 9.47 Å². The number of carboxylic acid groups (broad SMARTS) is 1. The Hall–Kier alpha value is -1.62. The SMILES string of the molecule is O=C(O)C1Oc2ccc(F)cc2C(C2CCCCC2)(C2CCCCC2)O1. The molecule has 26 heavy (non-hydrogen) atoms. The van der Waals surface area contributed by atoms with Gasteiger partial charge in [0.15, 0.2) is 0 Å². The van der Waals surface area contributed by atoms with Crippen LogP contribution in [0.1, 0.15) is 69.8 Å². The summed E-state index contributed by atoms with van der Waals surface area (Å²) in [4.78, 5) is 11.8. The lowest BCUT2D eigenvalue weighted by Crippen LogP contribution is -2.54. The Morgan fingerprint density at radius 3 is 2.12 bits per heavy atom. The molecule has 0 aromatic heterocycles. The van der Waals surface area contributed by atoms with Crippen molar-refractivity contribution in [3.05, 3.63) is 29.6 Å². The Bertz CT molecular complexity index is 644. The van der Waals surface area contributed by atoms with Crippen LogP contribution in [0.2, 0.25) is 0 Å². The number of carbonyl (C=O) groups is 1. The standard InChI is InChI=1S/C21H27FO4/c22-16-11-12-18-17(13-16)21(14-7-3-1-4-8-14,15-9-5-2-6-10-15)26-20(25-18)19(23)24/h11-15,20H,1-10H2,(H,23,24). The van der Waals surface area contributed by atoms with Gasteiger partial charge in [0.1, 0.15) is 17.2 Å². The summed E-state index contributed by atoms with van der Waals surface area (Å²) < 4.78 is 26.1. The van der Waals surface area contributed by atoms with Crippen LogP contribution in [-0.4, -0.2) is 17.4 Å². The zero-order chi connectivity index (χ0) is 18.1. The largest absolute Gasteiger partial charge is 0.477 e. The van der Waals surface area contributed by atoms with E-state index in [1.807, 2.05) is 0 Å². The molecule has 0 radical (unpaired) electrons. The molecular weight excluding hydrogens is 335 g/mol. The third-order valence-corrected chi connectivity index (χ3v) is 6.52. The van der Waals surface area contributed by atoms with Crippen molar-refractivity contribution >= 4 is 5.97 Å². The highest BCUT2D eigenvalue weighted by atomic mass is 19.1. The van der Waals surface area contributed by atoms with E-state index in [1.165, 1.54) is 25.0 Å². The molecule has 1 aromatic carbocycles.